The van der Waals surface area contributed by atoms with Crippen LogP contribution in [-0.2, 0) is 0 Å². The lowest BCUT2D eigenvalue weighted by molar-refractivity contribution is -0.386. The van der Waals surface area contributed by atoms with Gasteiger partial charge in [-0.25, -0.2) is 0 Å². The molecule has 0 aliphatic rings. The molecule has 2 rings (SSSR count). The van der Waals surface area contributed by atoms with E-state index in [4.69, 9.17) is 0 Å². The SMILES string of the molecule is N.O=[N+]([O-])c1ccccc1-c1ccccc1[N+](=O)[O-]. The molecule has 0 atom stereocenters. The van der Waals surface area contributed by atoms with Gasteiger partial charge in [0.2, 0.25) is 0 Å². The van der Waals surface area contributed by atoms with E-state index in [9.17, 15) is 20.2 Å². The highest BCUT2D eigenvalue weighted by atomic mass is 16.6. The number of benzene rings is 2. The highest BCUT2D eigenvalue weighted by molar-refractivity contribution is 5.80. The van der Waals surface area contributed by atoms with Crippen LogP contribution in [0.4, 0.5) is 11.4 Å². The summed E-state index contributed by atoms with van der Waals surface area (Å²) in [7, 11) is 0. The highest BCUT2D eigenvalue weighted by Gasteiger charge is 2.21. The highest BCUT2D eigenvalue weighted by Crippen LogP contribution is 2.35. The van der Waals surface area contributed by atoms with Gasteiger partial charge in [0.25, 0.3) is 11.4 Å². The zero-order valence-corrected chi connectivity index (χ0v) is 9.85. The van der Waals surface area contributed by atoms with Crippen molar-refractivity contribution in [1.82, 2.24) is 6.15 Å². The first-order valence-electron chi connectivity index (χ1n) is 5.08. The number of nitro groups is 2. The second kappa shape index (κ2) is 5.69. The van der Waals surface area contributed by atoms with Crippen molar-refractivity contribution < 1.29 is 9.85 Å². The van der Waals surface area contributed by atoms with E-state index in [1.165, 1.54) is 36.4 Å². The second-order valence-electron chi connectivity index (χ2n) is 3.55. The Morgan fingerprint density at radius 1 is 0.684 bits per heavy atom. The molecule has 3 N–H and O–H groups in total. The van der Waals surface area contributed by atoms with Gasteiger partial charge >= 0.3 is 0 Å². The molecular weight excluding hydrogens is 250 g/mol. The van der Waals surface area contributed by atoms with Gasteiger partial charge in [0.1, 0.15) is 0 Å². The largest absolute Gasteiger partial charge is 0.344 e. The Bertz CT molecular complexity index is 572. The normalized spacial score (nSPS) is 9.47. The topological polar surface area (TPSA) is 121 Å². The molecule has 0 fully saturated rings. The third-order valence-corrected chi connectivity index (χ3v) is 2.49. The molecule has 0 aliphatic heterocycles. The van der Waals surface area contributed by atoms with Crippen LogP contribution in [0.15, 0.2) is 48.5 Å². The summed E-state index contributed by atoms with van der Waals surface area (Å²) < 4.78 is 0. The maximum absolute atomic E-state index is 10.9. The maximum atomic E-state index is 10.9. The van der Waals surface area contributed by atoms with Gasteiger partial charge in [-0.2, -0.15) is 0 Å². The first kappa shape index (κ1) is 14.3. The summed E-state index contributed by atoms with van der Waals surface area (Å²) >= 11 is 0. The first-order valence-corrected chi connectivity index (χ1v) is 5.08. The number of hydrogen-bond donors (Lipinski definition) is 1. The van der Waals surface area contributed by atoms with Gasteiger partial charge in [-0.1, -0.05) is 24.3 Å². The summed E-state index contributed by atoms with van der Waals surface area (Å²) in [6.07, 6.45) is 0. The second-order valence-corrected chi connectivity index (χ2v) is 3.55. The van der Waals surface area contributed by atoms with E-state index >= 15 is 0 Å². The Labute approximate surface area is 108 Å². The van der Waals surface area contributed by atoms with Crippen molar-refractivity contribution >= 4 is 11.4 Å². The van der Waals surface area contributed by atoms with E-state index in [-0.39, 0.29) is 28.7 Å². The van der Waals surface area contributed by atoms with Crippen molar-refractivity contribution in [3.63, 3.8) is 0 Å². The Balaban J connectivity index is 0.00000180. The molecule has 7 nitrogen and oxygen atoms in total. The lowest BCUT2D eigenvalue weighted by Crippen LogP contribution is -1.95. The molecule has 0 aromatic heterocycles. The number of para-hydroxylation sites is 2. The minimum atomic E-state index is -0.550. The van der Waals surface area contributed by atoms with Crippen LogP contribution in [0.1, 0.15) is 0 Å². The predicted molar refractivity (Wildman–Crippen MR) is 70.2 cm³/mol. The van der Waals surface area contributed by atoms with E-state index in [0.29, 0.717) is 0 Å². The van der Waals surface area contributed by atoms with Crippen molar-refractivity contribution in [2.45, 2.75) is 0 Å². The summed E-state index contributed by atoms with van der Waals surface area (Å²) in [5.74, 6) is 0. The molecule has 2 aromatic rings. The third kappa shape index (κ3) is 2.72. The first-order chi connectivity index (χ1) is 8.61. The molecule has 0 saturated heterocycles. The van der Waals surface area contributed by atoms with Gasteiger partial charge in [0, 0.05) is 12.1 Å². The number of nitrogens with zero attached hydrogens (tertiary/aromatic N) is 2. The molecule has 0 bridgehead atoms. The standard InChI is InChI=1S/C12H8N2O4.H3N/c15-13(16)11-7-3-1-5-9(11)10-6-2-4-8-12(10)14(17)18;/h1-8H;1H3. The van der Waals surface area contributed by atoms with Gasteiger partial charge in [0.05, 0.1) is 21.0 Å². The van der Waals surface area contributed by atoms with Gasteiger partial charge in [-0.15, -0.1) is 0 Å². The molecule has 7 heteroatoms. The average Bonchev–Trinajstić information content (AvgIpc) is 2.38. The van der Waals surface area contributed by atoms with Crippen molar-refractivity contribution in [2.75, 3.05) is 0 Å². The predicted octanol–water partition coefficient (Wildman–Crippen LogP) is 3.33. The Kier molecular flexibility index (Phi) is 4.27. The fourth-order valence-corrected chi connectivity index (χ4v) is 1.72. The van der Waals surface area contributed by atoms with E-state index in [1.807, 2.05) is 0 Å². The number of nitro benzene ring substituents is 2. The van der Waals surface area contributed by atoms with Crippen molar-refractivity contribution in [3.05, 3.63) is 68.8 Å². The molecular formula is C12H11N3O4. The van der Waals surface area contributed by atoms with Crippen LogP contribution in [0, 0.1) is 20.2 Å². The molecule has 2 aromatic carbocycles. The molecule has 0 radical (unpaired) electrons. The van der Waals surface area contributed by atoms with Gasteiger partial charge < -0.3 is 6.15 Å². The molecule has 0 spiro atoms. The van der Waals surface area contributed by atoms with Crippen LogP contribution in [0.2, 0.25) is 0 Å². The summed E-state index contributed by atoms with van der Waals surface area (Å²) in [6.45, 7) is 0. The smallest absolute Gasteiger partial charge is 0.277 e. The summed E-state index contributed by atoms with van der Waals surface area (Å²) in [5, 5.41) is 21.8. The third-order valence-electron chi connectivity index (χ3n) is 2.49. The number of rotatable bonds is 3. The van der Waals surface area contributed by atoms with Crippen LogP contribution in [-0.4, -0.2) is 9.85 Å². The van der Waals surface area contributed by atoms with E-state index in [2.05, 4.69) is 0 Å². The van der Waals surface area contributed by atoms with Crippen molar-refractivity contribution in [1.29, 1.82) is 0 Å². The van der Waals surface area contributed by atoms with Crippen LogP contribution in [0.3, 0.4) is 0 Å². The summed E-state index contributed by atoms with van der Waals surface area (Å²) in [5.41, 5.74) is 0.197. The molecule has 0 saturated carbocycles. The van der Waals surface area contributed by atoms with Gasteiger partial charge in [0.15, 0.2) is 0 Å². The van der Waals surface area contributed by atoms with Crippen LogP contribution in [0.5, 0.6) is 0 Å². The molecule has 0 unspecified atom stereocenters. The Morgan fingerprint density at radius 3 is 1.32 bits per heavy atom. The molecule has 0 amide bonds. The zero-order valence-electron chi connectivity index (χ0n) is 9.85. The van der Waals surface area contributed by atoms with Crippen LogP contribution < -0.4 is 6.15 Å². The minimum absolute atomic E-state index is 0. The van der Waals surface area contributed by atoms with Gasteiger partial charge in [-0.05, 0) is 12.1 Å². The maximum Gasteiger partial charge on any atom is 0.277 e. The molecule has 19 heavy (non-hydrogen) atoms. The fourth-order valence-electron chi connectivity index (χ4n) is 1.72. The van der Waals surface area contributed by atoms with E-state index in [0.717, 1.165) is 0 Å². The molecule has 0 heterocycles. The van der Waals surface area contributed by atoms with Gasteiger partial charge in [-0.3, -0.25) is 20.2 Å². The molecule has 0 aliphatic carbocycles. The zero-order chi connectivity index (χ0) is 13.1. The summed E-state index contributed by atoms with van der Waals surface area (Å²) in [6, 6.07) is 11.9. The van der Waals surface area contributed by atoms with E-state index in [1.54, 1.807) is 12.1 Å². The van der Waals surface area contributed by atoms with Crippen LogP contribution in [0.25, 0.3) is 11.1 Å². The van der Waals surface area contributed by atoms with Crippen molar-refractivity contribution in [2.24, 2.45) is 0 Å². The van der Waals surface area contributed by atoms with Crippen LogP contribution >= 0.6 is 0 Å². The monoisotopic (exact) mass is 261 g/mol. The average molecular weight is 261 g/mol. The minimum Gasteiger partial charge on any atom is -0.344 e. The quantitative estimate of drug-likeness (QED) is 0.670. The lowest BCUT2D eigenvalue weighted by atomic mass is 10.0. The van der Waals surface area contributed by atoms with Crippen molar-refractivity contribution in [3.8, 4) is 11.1 Å². The lowest BCUT2D eigenvalue weighted by Gasteiger charge is -2.03. The molecule has 98 valence electrons. The van der Waals surface area contributed by atoms with E-state index < -0.39 is 9.85 Å². The Hall–Kier alpha value is -2.80. The Morgan fingerprint density at radius 2 is 1.00 bits per heavy atom. The summed E-state index contributed by atoms with van der Waals surface area (Å²) in [4.78, 5) is 20.7. The fraction of sp³-hybridized carbons (Fsp3) is 0. The number of hydrogen-bond acceptors (Lipinski definition) is 5.